The van der Waals surface area contributed by atoms with Gasteiger partial charge < -0.3 is 4.90 Å². The summed E-state index contributed by atoms with van der Waals surface area (Å²) in [7, 11) is 1.80. The minimum atomic E-state index is -0.289. The van der Waals surface area contributed by atoms with Gasteiger partial charge in [0.2, 0.25) is 0 Å². The van der Waals surface area contributed by atoms with Crippen molar-refractivity contribution in [3.05, 3.63) is 29.8 Å². The minimum Gasteiger partial charge on any atom is -0.313 e. The van der Waals surface area contributed by atoms with Gasteiger partial charge in [0.1, 0.15) is 6.04 Å². The fourth-order valence-electron chi connectivity index (χ4n) is 1.89. The van der Waals surface area contributed by atoms with Crippen molar-refractivity contribution in [2.75, 3.05) is 11.9 Å². The molecule has 0 spiro atoms. The Bertz CT molecular complexity index is 437. The third-order valence-electron chi connectivity index (χ3n) is 2.73. The molecule has 0 fully saturated rings. The van der Waals surface area contributed by atoms with E-state index >= 15 is 0 Å². The monoisotopic (exact) mass is 202 g/mol. The average Bonchev–Trinajstić information content (AvgIpc) is 2.33. The molecule has 1 atom stereocenters. The van der Waals surface area contributed by atoms with Crippen molar-refractivity contribution in [3.8, 4) is 0 Å². The number of hydrogen-bond donors (Lipinski definition) is 0. The second-order valence-corrected chi connectivity index (χ2v) is 3.80. The molecule has 15 heavy (non-hydrogen) atoms. The quantitative estimate of drug-likeness (QED) is 0.632. The molecule has 1 aliphatic heterocycles. The maximum atomic E-state index is 11.9. The Kier molecular flexibility index (Phi) is 2.31. The van der Waals surface area contributed by atoms with Crippen LogP contribution < -0.4 is 4.90 Å². The molecule has 0 N–H and O–H groups in total. The van der Waals surface area contributed by atoms with Crippen LogP contribution >= 0.6 is 0 Å². The van der Waals surface area contributed by atoms with E-state index < -0.39 is 0 Å². The number of benzodiazepines with no additional fused rings is 1. The molecule has 3 heteroatoms. The molecule has 0 aromatic heterocycles. The molecule has 0 saturated heterocycles. The zero-order valence-corrected chi connectivity index (χ0v) is 9.19. The molecule has 1 amide bonds. The van der Waals surface area contributed by atoms with Crippen molar-refractivity contribution < 1.29 is 4.79 Å². The lowest BCUT2D eigenvalue weighted by Crippen LogP contribution is -2.32. The van der Waals surface area contributed by atoms with Gasteiger partial charge in [0.15, 0.2) is 0 Å². The van der Waals surface area contributed by atoms with Gasteiger partial charge in [0.05, 0.1) is 5.69 Å². The number of fused-ring (bicyclic) bond motifs is 1. The summed E-state index contributed by atoms with van der Waals surface area (Å²) >= 11 is 0. The van der Waals surface area contributed by atoms with E-state index in [1.807, 2.05) is 38.1 Å². The first-order chi connectivity index (χ1) is 7.11. The van der Waals surface area contributed by atoms with Crippen LogP contribution in [0.5, 0.6) is 0 Å². The third kappa shape index (κ3) is 1.54. The lowest BCUT2D eigenvalue weighted by Gasteiger charge is -2.18. The molecule has 1 aromatic rings. The van der Waals surface area contributed by atoms with Crippen LogP contribution in [0.2, 0.25) is 0 Å². The van der Waals surface area contributed by atoms with E-state index in [0.717, 1.165) is 17.0 Å². The number of aliphatic imine (C=N–C) groups is 1. The maximum Gasteiger partial charge on any atom is 0.251 e. The number of hydrogen-bond acceptors (Lipinski definition) is 2. The highest BCUT2D eigenvalue weighted by atomic mass is 16.2. The minimum absolute atomic E-state index is 0.0410. The second-order valence-electron chi connectivity index (χ2n) is 3.80. The van der Waals surface area contributed by atoms with Crippen molar-refractivity contribution in [1.29, 1.82) is 0 Å². The lowest BCUT2D eigenvalue weighted by molar-refractivity contribution is -0.119. The largest absolute Gasteiger partial charge is 0.313 e. The molecule has 0 bridgehead atoms. The molecule has 2 rings (SSSR count). The van der Waals surface area contributed by atoms with Gasteiger partial charge in [0.25, 0.3) is 5.91 Å². The Labute approximate surface area is 89.4 Å². The fourth-order valence-corrected chi connectivity index (χ4v) is 1.89. The van der Waals surface area contributed by atoms with Crippen molar-refractivity contribution >= 4 is 17.3 Å². The Morgan fingerprint density at radius 2 is 2.00 bits per heavy atom. The predicted molar refractivity (Wildman–Crippen MR) is 61.5 cm³/mol. The van der Waals surface area contributed by atoms with Gasteiger partial charge in [0, 0.05) is 18.3 Å². The van der Waals surface area contributed by atoms with Crippen LogP contribution in [-0.2, 0) is 4.79 Å². The highest BCUT2D eigenvalue weighted by Gasteiger charge is 2.24. The molecule has 0 aliphatic carbocycles. The van der Waals surface area contributed by atoms with Gasteiger partial charge in [-0.1, -0.05) is 18.2 Å². The van der Waals surface area contributed by atoms with Gasteiger partial charge in [-0.3, -0.25) is 9.79 Å². The molecular weight excluding hydrogens is 188 g/mol. The molecule has 0 saturated carbocycles. The normalized spacial score (nSPS) is 20.7. The fraction of sp³-hybridized carbons (Fsp3) is 0.333. The van der Waals surface area contributed by atoms with Crippen LogP contribution in [0.4, 0.5) is 5.69 Å². The van der Waals surface area contributed by atoms with Crippen molar-refractivity contribution in [2.24, 2.45) is 4.99 Å². The Morgan fingerprint density at radius 1 is 1.33 bits per heavy atom. The Morgan fingerprint density at radius 3 is 2.73 bits per heavy atom. The smallest absolute Gasteiger partial charge is 0.251 e. The molecule has 78 valence electrons. The summed E-state index contributed by atoms with van der Waals surface area (Å²) in [5.74, 6) is 0.0410. The van der Waals surface area contributed by atoms with Gasteiger partial charge >= 0.3 is 0 Å². The van der Waals surface area contributed by atoms with Crippen LogP contribution in [0.25, 0.3) is 0 Å². The highest BCUT2D eigenvalue weighted by Crippen LogP contribution is 2.24. The van der Waals surface area contributed by atoms with E-state index in [9.17, 15) is 4.79 Å². The summed E-state index contributed by atoms with van der Waals surface area (Å²) in [6.07, 6.45) is 0. The van der Waals surface area contributed by atoms with E-state index in [4.69, 9.17) is 0 Å². The number of carbonyl (C=O) groups excluding carboxylic acids is 1. The molecule has 0 radical (unpaired) electrons. The number of carbonyl (C=O) groups is 1. The van der Waals surface area contributed by atoms with E-state index in [2.05, 4.69) is 4.99 Å². The number of rotatable bonds is 0. The summed E-state index contributed by atoms with van der Waals surface area (Å²) in [5.41, 5.74) is 2.90. The molecule has 3 nitrogen and oxygen atoms in total. The third-order valence-corrected chi connectivity index (χ3v) is 2.73. The van der Waals surface area contributed by atoms with Gasteiger partial charge in [-0.15, -0.1) is 0 Å². The first-order valence-electron chi connectivity index (χ1n) is 5.02. The van der Waals surface area contributed by atoms with E-state index in [1.165, 1.54) is 0 Å². The first-order valence-corrected chi connectivity index (χ1v) is 5.02. The summed E-state index contributed by atoms with van der Waals surface area (Å²) in [6, 6.07) is 7.56. The summed E-state index contributed by atoms with van der Waals surface area (Å²) < 4.78 is 0. The Balaban J connectivity index is 2.63. The van der Waals surface area contributed by atoms with Crippen molar-refractivity contribution in [1.82, 2.24) is 0 Å². The summed E-state index contributed by atoms with van der Waals surface area (Å²) in [4.78, 5) is 17.9. The number of para-hydroxylation sites is 1. The van der Waals surface area contributed by atoms with Crippen LogP contribution in [-0.4, -0.2) is 24.7 Å². The molecular formula is C12H14N2O. The molecule has 1 heterocycles. The van der Waals surface area contributed by atoms with Gasteiger partial charge in [-0.2, -0.15) is 0 Å². The first kappa shape index (κ1) is 9.90. The van der Waals surface area contributed by atoms with Gasteiger partial charge in [-0.05, 0) is 19.9 Å². The topological polar surface area (TPSA) is 32.7 Å². The van der Waals surface area contributed by atoms with Crippen LogP contribution in [0.1, 0.15) is 19.4 Å². The van der Waals surface area contributed by atoms with E-state index in [1.54, 1.807) is 11.9 Å². The summed E-state index contributed by atoms with van der Waals surface area (Å²) in [6.45, 7) is 3.77. The molecule has 1 aliphatic rings. The Hall–Kier alpha value is -1.64. The van der Waals surface area contributed by atoms with Crippen LogP contribution in [0.3, 0.4) is 0 Å². The zero-order valence-electron chi connectivity index (χ0n) is 9.19. The standard InChI is InChI=1S/C12H14N2O/c1-8-10-6-4-5-7-11(10)14(3)12(15)9(2)13-8/h4-7,9H,1-3H3. The summed E-state index contributed by atoms with van der Waals surface area (Å²) in [5, 5.41) is 0. The van der Waals surface area contributed by atoms with Crippen molar-refractivity contribution in [2.45, 2.75) is 19.9 Å². The average molecular weight is 202 g/mol. The lowest BCUT2D eigenvalue weighted by atomic mass is 10.1. The maximum absolute atomic E-state index is 11.9. The number of likely N-dealkylation sites (N-methyl/N-ethyl adjacent to an activating group) is 1. The number of amides is 1. The van der Waals surface area contributed by atoms with Gasteiger partial charge in [-0.25, -0.2) is 0 Å². The SMILES string of the molecule is CC1=NC(C)C(=O)N(C)c2ccccc21. The number of anilines is 1. The molecule has 1 aromatic carbocycles. The number of benzene rings is 1. The van der Waals surface area contributed by atoms with Crippen LogP contribution in [0.15, 0.2) is 29.3 Å². The highest BCUT2D eigenvalue weighted by molar-refractivity contribution is 6.11. The van der Waals surface area contributed by atoms with Crippen molar-refractivity contribution in [3.63, 3.8) is 0 Å². The number of nitrogens with zero attached hydrogens (tertiary/aromatic N) is 2. The van der Waals surface area contributed by atoms with E-state index in [-0.39, 0.29) is 11.9 Å². The van der Waals surface area contributed by atoms with Crippen LogP contribution in [0, 0.1) is 0 Å². The second kappa shape index (κ2) is 3.50. The zero-order chi connectivity index (χ0) is 11.0. The van der Waals surface area contributed by atoms with E-state index in [0.29, 0.717) is 0 Å². The molecule has 1 unspecified atom stereocenters. The predicted octanol–water partition coefficient (Wildman–Crippen LogP) is 1.86.